The van der Waals surface area contributed by atoms with E-state index in [-0.39, 0.29) is 25.7 Å². The summed E-state index contributed by atoms with van der Waals surface area (Å²) in [5.74, 6) is -0.631. The van der Waals surface area contributed by atoms with Crippen LogP contribution in [0.3, 0.4) is 0 Å². The number of aliphatic hydroxyl groups excluding tert-OH is 1. The summed E-state index contributed by atoms with van der Waals surface area (Å²) in [6.07, 6.45) is 49.9. The first-order valence-corrected chi connectivity index (χ1v) is 40.5. The Bertz CT molecular complexity index is 1770. The molecule has 17 nitrogen and oxygen atoms in total. The maximum Gasteiger partial charge on any atom is 0.472 e. The van der Waals surface area contributed by atoms with Crippen molar-refractivity contribution in [3.05, 3.63) is 0 Å². The van der Waals surface area contributed by atoms with Crippen molar-refractivity contribution in [1.82, 2.24) is 0 Å². The zero-order valence-electron chi connectivity index (χ0n) is 59.1. The Morgan fingerprint density at radius 2 is 0.505 bits per heavy atom. The average molecular weight is 1340 g/mol. The summed E-state index contributed by atoms with van der Waals surface area (Å²) in [5.41, 5.74) is 0. The van der Waals surface area contributed by atoms with Crippen molar-refractivity contribution in [1.29, 1.82) is 0 Å². The lowest BCUT2D eigenvalue weighted by Crippen LogP contribution is -2.30. The molecule has 0 saturated heterocycles. The highest BCUT2D eigenvalue weighted by molar-refractivity contribution is 7.47. The van der Waals surface area contributed by atoms with Gasteiger partial charge in [0.2, 0.25) is 0 Å². The quantitative estimate of drug-likeness (QED) is 0.0222. The number of hydrogen-bond acceptors (Lipinski definition) is 15. The van der Waals surface area contributed by atoms with E-state index in [9.17, 15) is 43.2 Å². The summed E-state index contributed by atoms with van der Waals surface area (Å²) in [6, 6.07) is 0. The molecule has 0 spiro atoms. The molecule has 0 amide bonds. The van der Waals surface area contributed by atoms with Gasteiger partial charge in [-0.3, -0.25) is 37.3 Å². The summed E-state index contributed by atoms with van der Waals surface area (Å²) in [4.78, 5) is 72.6. The lowest BCUT2D eigenvalue weighted by atomic mass is 10.0. The predicted molar refractivity (Wildman–Crippen MR) is 368 cm³/mol. The number of carbonyl (C=O) groups is 4. The normalized spacial score (nSPS) is 14.1. The first-order valence-electron chi connectivity index (χ1n) is 37.5. The van der Waals surface area contributed by atoms with E-state index in [2.05, 4.69) is 41.5 Å². The van der Waals surface area contributed by atoms with Crippen molar-refractivity contribution in [2.24, 2.45) is 11.8 Å². The monoisotopic (exact) mass is 1340 g/mol. The van der Waals surface area contributed by atoms with Gasteiger partial charge in [-0.25, -0.2) is 9.13 Å². The molecule has 0 aliphatic heterocycles. The van der Waals surface area contributed by atoms with E-state index in [1.807, 2.05) is 0 Å². The highest BCUT2D eigenvalue weighted by Gasteiger charge is 2.30. The Hall–Kier alpha value is -1.94. The number of rotatable bonds is 71. The second-order valence-electron chi connectivity index (χ2n) is 26.9. The number of aliphatic hydroxyl groups is 1. The molecule has 0 aliphatic rings. The van der Waals surface area contributed by atoms with Gasteiger partial charge in [0.05, 0.1) is 26.4 Å². The number of unbranched alkanes of at least 4 members (excludes halogenated alkanes) is 41. The first kappa shape index (κ1) is 89.1. The zero-order valence-corrected chi connectivity index (χ0v) is 60.9. The Labute approximate surface area is 556 Å². The number of phosphoric ester groups is 2. The highest BCUT2D eigenvalue weighted by Crippen LogP contribution is 2.45. The van der Waals surface area contributed by atoms with E-state index in [0.29, 0.717) is 25.7 Å². The fourth-order valence-corrected chi connectivity index (χ4v) is 12.5. The van der Waals surface area contributed by atoms with Crippen LogP contribution in [0.5, 0.6) is 0 Å². The standard InChI is InChI=1S/C72H140O17P2/c1-7-9-11-13-15-17-19-20-21-22-26-31-38-44-50-56-71(76)88-67(60-83-70(75)55-49-43-37-30-27-23-25-28-34-40-46-52-64(3)4)62-86-90(78,79)84-58-66(73)59-85-91(80,81)87-63-68(89-72(77)57-51-45-39-33-32-35-41-47-53-65(5)6)61-82-69(74)54-48-42-36-29-24-18-16-14-12-10-8-2/h64-68,73H,7-63H2,1-6H3,(H,78,79)(H,80,81)/t66-,67-,68-/m1/s1. The lowest BCUT2D eigenvalue weighted by molar-refractivity contribution is -0.161. The molecule has 0 fully saturated rings. The Morgan fingerprint density at radius 3 is 0.747 bits per heavy atom. The average Bonchev–Trinajstić information content (AvgIpc) is 3.68. The second-order valence-corrected chi connectivity index (χ2v) is 29.8. The Morgan fingerprint density at radius 1 is 0.297 bits per heavy atom. The largest absolute Gasteiger partial charge is 0.472 e. The topological polar surface area (TPSA) is 237 Å². The van der Waals surface area contributed by atoms with Gasteiger partial charge in [0.1, 0.15) is 19.3 Å². The van der Waals surface area contributed by atoms with Gasteiger partial charge in [-0.15, -0.1) is 0 Å². The van der Waals surface area contributed by atoms with E-state index in [4.69, 9.17) is 37.0 Å². The third-order valence-corrected chi connectivity index (χ3v) is 18.6. The number of esters is 4. The summed E-state index contributed by atoms with van der Waals surface area (Å²) in [6.45, 7) is 9.53. The maximum atomic E-state index is 13.0. The molecule has 91 heavy (non-hydrogen) atoms. The molecular formula is C72H140O17P2. The molecule has 540 valence electrons. The van der Waals surface area contributed by atoms with Crippen LogP contribution in [-0.2, 0) is 65.4 Å². The lowest BCUT2D eigenvalue weighted by Gasteiger charge is -2.21. The van der Waals surface area contributed by atoms with Crippen molar-refractivity contribution in [3.8, 4) is 0 Å². The Kier molecular flexibility index (Phi) is 62.7. The van der Waals surface area contributed by atoms with Crippen LogP contribution in [0.4, 0.5) is 0 Å². The van der Waals surface area contributed by atoms with Crippen molar-refractivity contribution in [2.45, 2.75) is 387 Å². The van der Waals surface area contributed by atoms with Gasteiger partial charge in [-0.05, 0) is 37.5 Å². The van der Waals surface area contributed by atoms with Crippen LogP contribution in [0.2, 0.25) is 0 Å². The molecule has 0 heterocycles. The fraction of sp³-hybridized carbons (Fsp3) is 0.944. The molecule has 0 aromatic heterocycles. The van der Waals surface area contributed by atoms with E-state index in [0.717, 1.165) is 102 Å². The number of phosphoric acid groups is 2. The maximum absolute atomic E-state index is 13.0. The zero-order chi connectivity index (χ0) is 67.2. The molecule has 0 aliphatic carbocycles. The van der Waals surface area contributed by atoms with Crippen LogP contribution in [-0.4, -0.2) is 96.7 Å². The van der Waals surface area contributed by atoms with Crippen LogP contribution in [0, 0.1) is 11.8 Å². The molecule has 3 N–H and O–H groups in total. The number of hydrogen-bond donors (Lipinski definition) is 3. The van der Waals surface area contributed by atoms with E-state index < -0.39 is 97.5 Å². The van der Waals surface area contributed by atoms with Crippen LogP contribution in [0.1, 0.15) is 369 Å². The molecule has 0 bridgehead atoms. The van der Waals surface area contributed by atoms with Crippen LogP contribution < -0.4 is 0 Å². The van der Waals surface area contributed by atoms with Gasteiger partial charge in [0, 0.05) is 25.7 Å². The molecule has 19 heteroatoms. The van der Waals surface area contributed by atoms with Crippen molar-refractivity contribution in [2.75, 3.05) is 39.6 Å². The van der Waals surface area contributed by atoms with Crippen molar-refractivity contribution >= 4 is 39.5 Å². The molecule has 0 aromatic rings. The van der Waals surface area contributed by atoms with Gasteiger partial charge in [-0.1, -0.05) is 318 Å². The third-order valence-electron chi connectivity index (χ3n) is 16.7. The summed E-state index contributed by atoms with van der Waals surface area (Å²) >= 11 is 0. The second kappa shape index (κ2) is 64.1. The minimum absolute atomic E-state index is 0.105. The van der Waals surface area contributed by atoms with Crippen LogP contribution in [0.15, 0.2) is 0 Å². The van der Waals surface area contributed by atoms with E-state index >= 15 is 0 Å². The van der Waals surface area contributed by atoms with Crippen LogP contribution >= 0.6 is 15.6 Å². The summed E-state index contributed by atoms with van der Waals surface area (Å²) in [7, 11) is -9.90. The van der Waals surface area contributed by atoms with Gasteiger partial charge in [0.15, 0.2) is 12.2 Å². The molecule has 0 radical (unpaired) electrons. The minimum Gasteiger partial charge on any atom is -0.462 e. The molecule has 0 aromatic carbocycles. The number of carbonyl (C=O) groups excluding carboxylic acids is 4. The smallest absolute Gasteiger partial charge is 0.462 e. The Balaban J connectivity index is 5.25. The van der Waals surface area contributed by atoms with E-state index in [1.165, 1.54) is 186 Å². The van der Waals surface area contributed by atoms with Crippen molar-refractivity contribution in [3.63, 3.8) is 0 Å². The minimum atomic E-state index is -4.95. The highest BCUT2D eigenvalue weighted by atomic mass is 31.2. The molecule has 5 atom stereocenters. The molecule has 2 unspecified atom stereocenters. The van der Waals surface area contributed by atoms with Gasteiger partial charge < -0.3 is 33.8 Å². The molecular weight excluding hydrogens is 1200 g/mol. The van der Waals surface area contributed by atoms with Crippen molar-refractivity contribution < 1.29 is 80.2 Å². The van der Waals surface area contributed by atoms with E-state index in [1.54, 1.807) is 0 Å². The van der Waals surface area contributed by atoms with Crippen LogP contribution in [0.25, 0.3) is 0 Å². The van der Waals surface area contributed by atoms with Gasteiger partial charge >= 0.3 is 39.5 Å². The van der Waals surface area contributed by atoms with Gasteiger partial charge in [-0.2, -0.15) is 0 Å². The fourth-order valence-electron chi connectivity index (χ4n) is 10.9. The molecule has 0 rings (SSSR count). The number of ether oxygens (including phenoxy) is 4. The third kappa shape index (κ3) is 66.5. The molecule has 0 saturated carbocycles. The predicted octanol–water partition coefficient (Wildman–Crippen LogP) is 20.8. The summed E-state index contributed by atoms with van der Waals surface area (Å²) in [5, 5.41) is 10.6. The first-order chi connectivity index (χ1) is 43.9. The summed E-state index contributed by atoms with van der Waals surface area (Å²) < 4.78 is 68.4. The SMILES string of the molecule is CCCCCCCCCCCCCCCCCC(=O)O[C@H](COC(=O)CCCCCCCCCCCCCC(C)C)COP(=O)(O)OC[C@@H](O)COP(=O)(O)OC[C@@H](COC(=O)CCCCCCCCCCCCC)OC(=O)CCCCCCCCCCC(C)C. The van der Waals surface area contributed by atoms with Gasteiger partial charge in [0.25, 0.3) is 0 Å².